The van der Waals surface area contributed by atoms with Gasteiger partial charge in [0, 0.05) is 15.7 Å². The molecule has 90 valence electrons. The summed E-state index contributed by atoms with van der Waals surface area (Å²) in [6.07, 6.45) is 1.51. The number of benzene rings is 1. The summed E-state index contributed by atoms with van der Waals surface area (Å²) < 4.78 is 1.08. The van der Waals surface area contributed by atoms with E-state index >= 15 is 0 Å². The van der Waals surface area contributed by atoms with Gasteiger partial charge < -0.3 is 10.6 Å². The highest BCUT2D eigenvalue weighted by Crippen LogP contribution is 2.20. The predicted molar refractivity (Wildman–Crippen MR) is 72.4 cm³/mol. The highest BCUT2D eigenvalue weighted by atomic mass is 127. The van der Waals surface area contributed by atoms with E-state index in [1.165, 1.54) is 0 Å². The van der Waals surface area contributed by atoms with Crippen molar-refractivity contribution < 1.29 is 9.59 Å². The fraction of sp³-hybridized carbons (Fsp3) is 0.333. The van der Waals surface area contributed by atoms with Gasteiger partial charge in [0.15, 0.2) is 0 Å². The van der Waals surface area contributed by atoms with E-state index in [0.717, 1.165) is 9.99 Å². The summed E-state index contributed by atoms with van der Waals surface area (Å²) in [5.41, 5.74) is 5.90. The molecule has 1 aliphatic heterocycles. The molecule has 1 atom stereocenters. The SMILES string of the molecule is NC(=O)C1CCCN1C(=O)c1ccc(I)cc1. The number of halogens is 1. The van der Waals surface area contributed by atoms with Crippen LogP contribution in [-0.4, -0.2) is 29.3 Å². The van der Waals surface area contributed by atoms with Crippen molar-refractivity contribution in [1.82, 2.24) is 4.90 Å². The second-order valence-electron chi connectivity index (χ2n) is 4.07. The second kappa shape index (κ2) is 5.03. The van der Waals surface area contributed by atoms with Crippen molar-refractivity contribution in [2.75, 3.05) is 6.54 Å². The van der Waals surface area contributed by atoms with Gasteiger partial charge in [-0.1, -0.05) is 0 Å². The highest BCUT2D eigenvalue weighted by Gasteiger charge is 2.32. The zero-order chi connectivity index (χ0) is 12.4. The summed E-state index contributed by atoms with van der Waals surface area (Å²) in [5.74, 6) is -0.524. The molecule has 2 amide bonds. The number of primary amides is 1. The molecule has 1 aromatic carbocycles. The summed E-state index contributed by atoms with van der Waals surface area (Å²) in [5, 5.41) is 0. The molecule has 2 rings (SSSR count). The zero-order valence-corrected chi connectivity index (χ0v) is 11.4. The van der Waals surface area contributed by atoms with Crippen molar-refractivity contribution in [2.24, 2.45) is 5.73 Å². The van der Waals surface area contributed by atoms with Gasteiger partial charge in [0.1, 0.15) is 6.04 Å². The van der Waals surface area contributed by atoms with Gasteiger partial charge >= 0.3 is 0 Å². The molecule has 0 aromatic heterocycles. The minimum Gasteiger partial charge on any atom is -0.368 e. The molecule has 1 heterocycles. The minimum absolute atomic E-state index is 0.109. The fourth-order valence-electron chi connectivity index (χ4n) is 2.06. The number of amides is 2. The Morgan fingerprint density at radius 1 is 1.29 bits per heavy atom. The fourth-order valence-corrected chi connectivity index (χ4v) is 2.42. The number of rotatable bonds is 2. The van der Waals surface area contributed by atoms with E-state index in [1.807, 2.05) is 12.1 Å². The number of hydrogen-bond acceptors (Lipinski definition) is 2. The topological polar surface area (TPSA) is 63.4 Å². The molecule has 0 spiro atoms. The van der Waals surface area contributed by atoms with Crippen LogP contribution in [0.15, 0.2) is 24.3 Å². The number of carbonyl (C=O) groups is 2. The first kappa shape index (κ1) is 12.3. The average Bonchev–Trinajstić information content (AvgIpc) is 2.78. The molecule has 4 nitrogen and oxygen atoms in total. The predicted octanol–water partition coefficient (Wildman–Crippen LogP) is 1.38. The normalized spacial score (nSPS) is 19.4. The maximum atomic E-state index is 12.2. The largest absolute Gasteiger partial charge is 0.368 e. The van der Waals surface area contributed by atoms with Gasteiger partial charge in [-0.2, -0.15) is 0 Å². The Kier molecular flexibility index (Phi) is 3.66. The van der Waals surface area contributed by atoms with Crippen molar-refractivity contribution >= 4 is 34.4 Å². The lowest BCUT2D eigenvalue weighted by atomic mass is 10.1. The van der Waals surface area contributed by atoms with E-state index < -0.39 is 11.9 Å². The Labute approximate surface area is 113 Å². The van der Waals surface area contributed by atoms with Crippen LogP contribution in [0.1, 0.15) is 23.2 Å². The lowest BCUT2D eigenvalue weighted by molar-refractivity contribution is -0.121. The molecule has 1 aliphatic rings. The van der Waals surface area contributed by atoms with Gasteiger partial charge in [0.05, 0.1) is 0 Å². The van der Waals surface area contributed by atoms with Gasteiger partial charge in [-0.05, 0) is 59.7 Å². The number of nitrogens with two attached hydrogens (primary N) is 1. The molecule has 0 aliphatic carbocycles. The van der Waals surface area contributed by atoms with E-state index in [4.69, 9.17) is 5.73 Å². The third kappa shape index (κ3) is 2.59. The van der Waals surface area contributed by atoms with Gasteiger partial charge in [-0.25, -0.2) is 0 Å². The van der Waals surface area contributed by atoms with E-state index in [0.29, 0.717) is 18.5 Å². The maximum Gasteiger partial charge on any atom is 0.254 e. The van der Waals surface area contributed by atoms with Crippen LogP contribution in [0.5, 0.6) is 0 Å². The number of carbonyl (C=O) groups excluding carboxylic acids is 2. The molecule has 17 heavy (non-hydrogen) atoms. The number of likely N-dealkylation sites (tertiary alicyclic amines) is 1. The summed E-state index contributed by atoms with van der Waals surface area (Å²) in [6.45, 7) is 0.610. The molecular weight excluding hydrogens is 331 g/mol. The molecule has 1 fully saturated rings. The monoisotopic (exact) mass is 344 g/mol. The van der Waals surface area contributed by atoms with E-state index in [2.05, 4.69) is 22.6 Å². The van der Waals surface area contributed by atoms with Gasteiger partial charge in [0.2, 0.25) is 5.91 Å². The second-order valence-corrected chi connectivity index (χ2v) is 5.31. The zero-order valence-electron chi connectivity index (χ0n) is 9.23. The van der Waals surface area contributed by atoms with E-state index in [-0.39, 0.29) is 5.91 Å². The maximum absolute atomic E-state index is 12.2. The smallest absolute Gasteiger partial charge is 0.254 e. The van der Waals surface area contributed by atoms with Crippen LogP contribution in [0.2, 0.25) is 0 Å². The van der Waals surface area contributed by atoms with E-state index in [1.54, 1.807) is 17.0 Å². The molecule has 5 heteroatoms. The van der Waals surface area contributed by atoms with Gasteiger partial charge in [0.25, 0.3) is 5.91 Å². The third-order valence-corrected chi connectivity index (χ3v) is 3.65. The van der Waals surface area contributed by atoms with Crippen LogP contribution >= 0.6 is 22.6 Å². The van der Waals surface area contributed by atoms with Crippen LogP contribution < -0.4 is 5.73 Å². The Bertz CT molecular complexity index is 444. The number of hydrogen-bond donors (Lipinski definition) is 1. The van der Waals surface area contributed by atoms with Crippen LogP contribution in [0, 0.1) is 3.57 Å². The Balaban J connectivity index is 2.19. The first-order valence-electron chi connectivity index (χ1n) is 5.45. The molecule has 0 radical (unpaired) electrons. The molecule has 2 N–H and O–H groups in total. The Morgan fingerprint density at radius 3 is 2.53 bits per heavy atom. The van der Waals surface area contributed by atoms with Crippen LogP contribution in [0.3, 0.4) is 0 Å². The van der Waals surface area contributed by atoms with Crippen LogP contribution in [-0.2, 0) is 4.79 Å². The van der Waals surface area contributed by atoms with Crippen molar-refractivity contribution in [1.29, 1.82) is 0 Å². The minimum atomic E-state index is -0.443. The molecule has 0 bridgehead atoms. The lowest BCUT2D eigenvalue weighted by Crippen LogP contribution is -2.43. The van der Waals surface area contributed by atoms with Crippen molar-refractivity contribution in [3.05, 3.63) is 33.4 Å². The van der Waals surface area contributed by atoms with Crippen LogP contribution in [0.4, 0.5) is 0 Å². The summed E-state index contributed by atoms with van der Waals surface area (Å²) in [7, 11) is 0. The number of nitrogens with zero attached hydrogens (tertiary/aromatic N) is 1. The molecular formula is C12H13IN2O2. The molecule has 1 unspecified atom stereocenters. The highest BCUT2D eigenvalue weighted by molar-refractivity contribution is 14.1. The first-order valence-corrected chi connectivity index (χ1v) is 6.53. The molecule has 1 saturated heterocycles. The van der Waals surface area contributed by atoms with Gasteiger partial charge in [-0.3, -0.25) is 9.59 Å². The van der Waals surface area contributed by atoms with Gasteiger partial charge in [-0.15, -0.1) is 0 Å². The van der Waals surface area contributed by atoms with E-state index in [9.17, 15) is 9.59 Å². The standard InChI is InChI=1S/C12H13IN2O2/c13-9-5-3-8(4-6-9)12(17)15-7-1-2-10(15)11(14)16/h3-6,10H,1-2,7H2,(H2,14,16). The summed E-state index contributed by atoms with van der Waals surface area (Å²) >= 11 is 2.18. The summed E-state index contributed by atoms with van der Waals surface area (Å²) in [6, 6.07) is 6.87. The lowest BCUT2D eigenvalue weighted by Gasteiger charge is -2.22. The van der Waals surface area contributed by atoms with Crippen molar-refractivity contribution in [2.45, 2.75) is 18.9 Å². The first-order chi connectivity index (χ1) is 8.09. The van der Waals surface area contributed by atoms with Crippen molar-refractivity contribution in [3.8, 4) is 0 Å². The molecule has 0 saturated carbocycles. The summed E-state index contributed by atoms with van der Waals surface area (Å²) in [4.78, 5) is 25.0. The average molecular weight is 344 g/mol. The van der Waals surface area contributed by atoms with Crippen LogP contribution in [0.25, 0.3) is 0 Å². The van der Waals surface area contributed by atoms with Crippen molar-refractivity contribution in [3.63, 3.8) is 0 Å². The molecule has 1 aromatic rings. The Morgan fingerprint density at radius 2 is 1.94 bits per heavy atom. The third-order valence-electron chi connectivity index (χ3n) is 2.93. The quantitative estimate of drug-likeness (QED) is 0.824. The Hall–Kier alpha value is -1.11.